The summed E-state index contributed by atoms with van der Waals surface area (Å²) in [4.78, 5) is 13.5. The van der Waals surface area contributed by atoms with Crippen LogP contribution in [0.15, 0.2) is 36.5 Å². The number of benzene rings is 1. The quantitative estimate of drug-likeness (QED) is 0.646. The first-order valence-corrected chi connectivity index (χ1v) is 7.18. The van der Waals surface area contributed by atoms with Gasteiger partial charge in [0.2, 0.25) is 0 Å². The molecule has 0 saturated heterocycles. The van der Waals surface area contributed by atoms with Crippen molar-refractivity contribution < 1.29 is 4.74 Å². The standard InChI is InChI=1S/C16H12ClN3O/c17-15-12-9-21-8-6-14(12)19-16(20-15)11-5-7-18-13-4-2-1-3-10(11)13/h1-5,7H,6,8-9H2. The molecule has 0 N–H and O–H groups in total. The molecule has 0 bridgehead atoms. The number of fused-ring (bicyclic) bond motifs is 2. The number of hydrogen-bond acceptors (Lipinski definition) is 4. The molecule has 1 aliphatic rings. The van der Waals surface area contributed by atoms with E-state index in [-0.39, 0.29) is 0 Å². The Balaban J connectivity index is 1.95. The largest absolute Gasteiger partial charge is 0.376 e. The van der Waals surface area contributed by atoms with Gasteiger partial charge in [-0.25, -0.2) is 9.97 Å². The summed E-state index contributed by atoms with van der Waals surface area (Å²) >= 11 is 6.30. The van der Waals surface area contributed by atoms with Crippen LogP contribution in [0.4, 0.5) is 0 Å². The van der Waals surface area contributed by atoms with Crippen molar-refractivity contribution >= 4 is 22.5 Å². The molecule has 0 radical (unpaired) electrons. The molecule has 5 heteroatoms. The summed E-state index contributed by atoms with van der Waals surface area (Å²) in [5.74, 6) is 0.652. The molecule has 0 fully saturated rings. The zero-order valence-corrected chi connectivity index (χ0v) is 12.0. The minimum absolute atomic E-state index is 0.482. The molecule has 4 nitrogen and oxygen atoms in total. The Morgan fingerprint density at radius 1 is 1.10 bits per heavy atom. The fourth-order valence-electron chi connectivity index (χ4n) is 2.60. The Morgan fingerprint density at radius 3 is 2.95 bits per heavy atom. The van der Waals surface area contributed by atoms with Crippen molar-refractivity contribution in [3.05, 3.63) is 52.9 Å². The molecular weight excluding hydrogens is 286 g/mol. The molecule has 0 unspecified atom stereocenters. The SMILES string of the molecule is Clc1nc(-c2ccnc3ccccc23)nc2c1COCC2. The van der Waals surface area contributed by atoms with E-state index in [1.165, 1.54) is 0 Å². The third kappa shape index (κ3) is 2.17. The van der Waals surface area contributed by atoms with Gasteiger partial charge in [0.1, 0.15) is 5.15 Å². The van der Waals surface area contributed by atoms with E-state index in [2.05, 4.69) is 9.97 Å². The Bertz CT molecular complexity index is 830. The lowest BCUT2D eigenvalue weighted by molar-refractivity contribution is 0.109. The van der Waals surface area contributed by atoms with Crippen LogP contribution in [0.3, 0.4) is 0 Å². The Labute approximate surface area is 126 Å². The molecule has 2 aromatic heterocycles. The molecule has 104 valence electrons. The van der Waals surface area contributed by atoms with Crippen LogP contribution in [-0.4, -0.2) is 21.6 Å². The van der Waals surface area contributed by atoms with E-state index in [9.17, 15) is 0 Å². The third-order valence-electron chi connectivity index (χ3n) is 3.66. The zero-order valence-electron chi connectivity index (χ0n) is 11.2. The van der Waals surface area contributed by atoms with Crippen LogP contribution in [0.25, 0.3) is 22.3 Å². The summed E-state index contributed by atoms with van der Waals surface area (Å²) in [6.07, 6.45) is 2.55. The van der Waals surface area contributed by atoms with Gasteiger partial charge in [-0.1, -0.05) is 29.8 Å². The average Bonchev–Trinajstić information content (AvgIpc) is 2.54. The molecule has 1 aliphatic heterocycles. The molecule has 4 rings (SSSR count). The highest BCUT2D eigenvalue weighted by Gasteiger charge is 2.18. The molecule has 3 aromatic rings. The summed E-state index contributed by atoms with van der Waals surface area (Å²) in [6, 6.07) is 9.89. The summed E-state index contributed by atoms with van der Waals surface area (Å²) in [5.41, 5.74) is 3.77. The Morgan fingerprint density at radius 2 is 2.00 bits per heavy atom. The lowest BCUT2D eigenvalue weighted by Gasteiger charge is -2.17. The molecule has 0 saturated carbocycles. The number of ether oxygens (including phenoxy) is 1. The number of pyridine rings is 1. The second-order valence-electron chi connectivity index (χ2n) is 4.94. The number of halogens is 1. The van der Waals surface area contributed by atoms with E-state index in [0.29, 0.717) is 24.2 Å². The number of hydrogen-bond donors (Lipinski definition) is 0. The van der Waals surface area contributed by atoms with Gasteiger partial charge in [-0.15, -0.1) is 0 Å². The van der Waals surface area contributed by atoms with E-state index in [1.54, 1.807) is 6.20 Å². The van der Waals surface area contributed by atoms with E-state index in [0.717, 1.165) is 34.1 Å². The van der Waals surface area contributed by atoms with Crippen molar-refractivity contribution in [2.75, 3.05) is 6.61 Å². The molecule has 3 heterocycles. The zero-order chi connectivity index (χ0) is 14.2. The monoisotopic (exact) mass is 297 g/mol. The molecule has 1 aromatic carbocycles. The van der Waals surface area contributed by atoms with Crippen molar-refractivity contribution in [2.24, 2.45) is 0 Å². The van der Waals surface area contributed by atoms with Gasteiger partial charge in [0, 0.05) is 29.1 Å². The summed E-state index contributed by atoms with van der Waals surface area (Å²) < 4.78 is 5.42. The number of para-hydroxylation sites is 1. The lowest BCUT2D eigenvalue weighted by Crippen LogP contribution is -2.14. The Hall–Kier alpha value is -2.04. The van der Waals surface area contributed by atoms with Gasteiger partial charge < -0.3 is 4.74 Å². The van der Waals surface area contributed by atoms with E-state index >= 15 is 0 Å². The number of nitrogens with zero attached hydrogens (tertiary/aromatic N) is 3. The maximum atomic E-state index is 6.30. The third-order valence-corrected chi connectivity index (χ3v) is 3.97. The summed E-state index contributed by atoms with van der Waals surface area (Å²) in [7, 11) is 0. The van der Waals surface area contributed by atoms with Crippen LogP contribution < -0.4 is 0 Å². The van der Waals surface area contributed by atoms with Gasteiger partial charge in [0.15, 0.2) is 5.82 Å². The van der Waals surface area contributed by atoms with Crippen LogP contribution in [0, 0.1) is 0 Å². The van der Waals surface area contributed by atoms with Crippen LogP contribution in [0.1, 0.15) is 11.3 Å². The molecule has 0 aliphatic carbocycles. The van der Waals surface area contributed by atoms with Crippen LogP contribution in [-0.2, 0) is 17.8 Å². The molecule has 0 atom stereocenters. The molecular formula is C16H12ClN3O. The van der Waals surface area contributed by atoms with Gasteiger partial charge in [-0.2, -0.15) is 0 Å². The fraction of sp³-hybridized carbons (Fsp3) is 0.188. The van der Waals surface area contributed by atoms with Gasteiger partial charge in [0.25, 0.3) is 0 Å². The van der Waals surface area contributed by atoms with Crippen molar-refractivity contribution in [3.63, 3.8) is 0 Å². The van der Waals surface area contributed by atoms with Crippen molar-refractivity contribution in [1.29, 1.82) is 0 Å². The lowest BCUT2D eigenvalue weighted by atomic mass is 10.1. The van der Waals surface area contributed by atoms with Gasteiger partial charge in [-0.3, -0.25) is 4.98 Å². The minimum Gasteiger partial charge on any atom is -0.376 e. The second kappa shape index (κ2) is 5.06. The van der Waals surface area contributed by atoms with Crippen molar-refractivity contribution in [1.82, 2.24) is 15.0 Å². The number of rotatable bonds is 1. The Kier molecular flexibility index (Phi) is 3.05. The smallest absolute Gasteiger partial charge is 0.161 e. The maximum Gasteiger partial charge on any atom is 0.161 e. The first-order valence-electron chi connectivity index (χ1n) is 6.80. The first kappa shape index (κ1) is 12.7. The highest BCUT2D eigenvalue weighted by atomic mass is 35.5. The first-order chi connectivity index (χ1) is 10.3. The second-order valence-corrected chi connectivity index (χ2v) is 5.30. The number of aromatic nitrogens is 3. The average molecular weight is 298 g/mol. The van der Waals surface area contributed by atoms with E-state index in [4.69, 9.17) is 21.3 Å². The summed E-state index contributed by atoms with van der Waals surface area (Å²) in [6.45, 7) is 1.17. The molecule has 0 spiro atoms. The van der Waals surface area contributed by atoms with E-state index < -0.39 is 0 Å². The van der Waals surface area contributed by atoms with E-state index in [1.807, 2.05) is 30.3 Å². The molecule has 0 amide bonds. The van der Waals surface area contributed by atoms with Crippen molar-refractivity contribution in [2.45, 2.75) is 13.0 Å². The van der Waals surface area contributed by atoms with Crippen LogP contribution in [0.5, 0.6) is 0 Å². The topological polar surface area (TPSA) is 47.9 Å². The predicted octanol–water partition coefficient (Wildman–Crippen LogP) is 3.42. The van der Waals surface area contributed by atoms with Gasteiger partial charge in [0.05, 0.1) is 24.4 Å². The molecule has 21 heavy (non-hydrogen) atoms. The predicted molar refractivity (Wildman–Crippen MR) is 81.1 cm³/mol. The van der Waals surface area contributed by atoms with Gasteiger partial charge in [-0.05, 0) is 12.1 Å². The highest BCUT2D eigenvalue weighted by Crippen LogP contribution is 2.29. The van der Waals surface area contributed by atoms with Gasteiger partial charge >= 0.3 is 0 Å². The summed E-state index contributed by atoms with van der Waals surface area (Å²) in [5, 5.41) is 1.51. The van der Waals surface area contributed by atoms with Crippen LogP contribution in [0.2, 0.25) is 5.15 Å². The fourth-order valence-corrected chi connectivity index (χ4v) is 2.85. The minimum atomic E-state index is 0.482. The maximum absolute atomic E-state index is 6.30. The van der Waals surface area contributed by atoms with Crippen LogP contribution >= 0.6 is 11.6 Å². The highest BCUT2D eigenvalue weighted by molar-refractivity contribution is 6.30. The van der Waals surface area contributed by atoms with Crippen molar-refractivity contribution in [3.8, 4) is 11.4 Å². The normalized spacial score (nSPS) is 14.1.